The van der Waals surface area contributed by atoms with Crippen LogP contribution in [0, 0.1) is 0 Å². The van der Waals surface area contributed by atoms with Gasteiger partial charge in [-0.05, 0) is 13.8 Å². The molecule has 2 unspecified atom stereocenters. The summed E-state index contributed by atoms with van der Waals surface area (Å²) in [5.74, 6) is -0.202. The lowest BCUT2D eigenvalue weighted by Crippen LogP contribution is -2.41. The molecular formula is C7H16N2O2S. The van der Waals surface area contributed by atoms with Crippen molar-refractivity contribution in [3.05, 3.63) is 0 Å². The molecule has 0 saturated carbocycles. The number of rotatable bonds is 4. The van der Waals surface area contributed by atoms with Gasteiger partial charge in [-0.15, -0.1) is 0 Å². The number of hydrogen-bond acceptors (Lipinski definition) is 3. The van der Waals surface area contributed by atoms with Crippen molar-refractivity contribution in [2.45, 2.75) is 25.1 Å². The van der Waals surface area contributed by atoms with Crippen LogP contribution in [0.4, 0.5) is 0 Å². The van der Waals surface area contributed by atoms with Gasteiger partial charge in [-0.3, -0.25) is 9.00 Å². The quantitative estimate of drug-likeness (QED) is 0.613. The lowest BCUT2D eigenvalue weighted by Gasteiger charge is -2.11. The molecule has 0 bridgehead atoms. The lowest BCUT2D eigenvalue weighted by molar-refractivity contribution is -0.121. The number of nitrogens with one attached hydrogen (secondary N) is 1. The minimum atomic E-state index is -0.896. The van der Waals surface area contributed by atoms with Crippen LogP contribution in [-0.4, -0.2) is 34.2 Å². The second-order valence-corrected chi connectivity index (χ2v) is 4.64. The van der Waals surface area contributed by atoms with Gasteiger partial charge in [-0.25, -0.2) is 0 Å². The van der Waals surface area contributed by atoms with Crippen molar-refractivity contribution in [1.29, 1.82) is 0 Å². The molecule has 0 radical (unpaired) electrons. The van der Waals surface area contributed by atoms with Crippen LogP contribution in [0.3, 0.4) is 0 Å². The Balaban J connectivity index is 3.69. The Kier molecular flexibility index (Phi) is 5.08. The van der Waals surface area contributed by atoms with Gasteiger partial charge < -0.3 is 11.1 Å². The van der Waals surface area contributed by atoms with Crippen LogP contribution in [-0.2, 0) is 15.6 Å². The van der Waals surface area contributed by atoms with E-state index in [0.29, 0.717) is 6.54 Å². The van der Waals surface area contributed by atoms with Gasteiger partial charge in [0.25, 0.3) is 0 Å². The third-order valence-electron chi connectivity index (χ3n) is 1.54. The Morgan fingerprint density at radius 3 is 2.42 bits per heavy atom. The number of carbonyl (C=O) groups excluding carboxylic acids is 1. The van der Waals surface area contributed by atoms with Crippen molar-refractivity contribution < 1.29 is 9.00 Å². The highest BCUT2D eigenvalue weighted by atomic mass is 32.2. The molecule has 0 heterocycles. The summed E-state index contributed by atoms with van der Waals surface area (Å²) >= 11 is 0. The fourth-order valence-electron chi connectivity index (χ4n) is 0.523. The maximum atomic E-state index is 10.9. The van der Waals surface area contributed by atoms with Gasteiger partial charge >= 0.3 is 0 Å². The molecule has 0 aromatic carbocycles. The zero-order valence-corrected chi connectivity index (χ0v) is 8.48. The maximum Gasteiger partial charge on any atom is 0.236 e. The first-order valence-corrected chi connectivity index (χ1v) is 5.42. The normalized spacial score (nSPS) is 18.0. The molecule has 0 aromatic rings. The molecule has 3 N–H and O–H groups in total. The molecule has 12 heavy (non-hydrogen) atoms. The zero-order chi connectivity index (χ0) is 9.72. The summed E-state index contributed by atoms with van der Waals surface area (Å²) in [5, 5.41) is 2.59. The van der Waals surface area contributed by atoms with Crippen LogP contribution in [0.15, 0.2) is 0 Å². The van der Waals surface area contributed by atoms with Gasteiger partial charge in [-0.1, -0.05) is 0 Å². The third kappa shape index (κ3) is 4.46. The van der Waals surface area contributed by atoms with Crippen LogP contribution < -0.4 is 11.1 Å². The van der Waals surface area contributed by atoms with E-state index < -0.39 is 16.8 Å². The largest absolute Gasteiger partial charge is 0.354 e. The van der Waals surface area contributed by atoms with E-state index in [-0.39, 0.29) is 11.2 Å². The van der Waals surface area contributed by atoms with Gasteiger partial charge in [-0.2, -0.15) is 0 Å². The molecule has 1 amide bonds. The summed E-state index contributed by atoms with van der Waals surface area (Å²) in [6.07, 6.45) is 1.61. The van der Waals surface area contributed by atoms with E-state index in [9.17, 15) is 9.00 Å². The molecular weight excluding hydrogens is 176 g/mol. The Bertz CT molecular complexity index is 182. The van der Waals surface area contributed by atoms with Gasteiger partial charge in [0.05, 0.1) is 6.04 Å². The van der Waals surface area contributed by atoms with Gasteiger partial charge in [0.1, 0.15) is 0 Å². The summed E-state index contributed by atoms with van der Waals surface area (Å²) in [5.41, 5.74) is 5.31. The van der Waals surface area contributed by atoms with E-state index in [1.165, 1.54) is 0 Å². The fraction of sp³-hybridized carbons (Fsp3) is 0.857. The predicted molar refractivity (Wildman–Crippen MR) is 50.2 cm³/mol. The van der Waals surface area contributed by atoms with Crippen molar-refractivity contribution in [3.8, 4) is 0 Å². The summed E-state index contributed by atoms with van der Waals surface area (Å²) in [6.45, 7) is 3.85. The first-order chi connectivity index (χ1) is 5.45. The average Bonchev–Trinajstić information content (AvgIpc) is 1.98. The Labute approximate surface area is 75.4 Å². The van der Waals surface area contributed by atoms with E-state index in [0.717, 1.165) is 0 Å². The Morgan fingerprint density at radius 1 is 1.58 bits per heavy atom. The fourth-order valence-corrected chi connectivity index (χ4v) is 0.841. The molecule has 0 fully saturated rings. The second kappa shape index (κ2) is 5.27. The summed E-state index contributed by atoms with van der Waals surface area (Å²) in [7, 11) is -0.896. The Morgan fingerprint density at radius 2 is 2.08 bits per heavy atom. The summed E-state index contributed by atoms with van der Waals surface area (Å²) in [4.78, 5) is 10.9. The minimum absolute atomic E-state index is 0.0206. The van der Waals surface area contributed by atoms with Crippen molar-refractivity contribution >= 4 is 16.7 Å². The van der Waals surface area contributed by atoms with E-state index in [1.54, 1.807) is 13.2 Å². The number of amides is 1. The van der Waals surface area contributed by atoms with Gasteiger partial charge in [0.2, 0.25) is 5.91 Å². The minimum Gasteiger partial charge on any atom is -0.354 e. The molecule has 3 atom stereocenters. The number of nitrogens with two attached hydrogens (primary N) is 1. The van der Waals surface area contributed by atoms with E-state index in [1.807, 2.05) is 6.92 Å². The van der Waals surface area contributed by atoms with Crippen molar-refractivity contribution in [2.75, 3.05) is 12.8 Å². The topological polar surface area (TPSA) is 72.2 Å². The molecule has 0 aromatic heterocycles. The highest BCUT2D eigenvalue weighted by Gasteiger charge is 2.10. The van der Waals surface area contributed by atoms with Crippen molar-refractivity contribution in [1.82, 2.24) is 5.32 Å². The van der Waals surface area contributed by atoms with E-state index in [2.05, 4.69) is 5.32 Å². The SMILES string of the molecule is CC(CNC(=O)[C@H](C)N)S(C)=O. The molecule has 0 rings (SSSR count). The van der Waals surface area contributed by atoms with Crippen LogP contribution in [0.5, 0.6) is 0 Å². The van der Waals surface area contributed by atoms with Crippen LogP contribution in [0.2, 0.25) is 0 Å². The highest BCUT2D eigenvalue weighted by Crippen LogP contribution is 1.89. The average molecular weight is 192 g/mol. The zero-order valence-electron chi connectivity index (χ0n) is 7.66. The highest BCUT2D eigenvalue weighted by molar-refractivity contribution is 7.84. The smallest absolute Gasteiger partial charge is 0.236 e. The Hall–Kier alpha value is -0.420. The first kappa shape index (κ1) is 11.6. The molecule has 5 heteroatoms. The molecule has 72 valence electrons. The molecule has 0 saturated heterocycles. The van der Waals surface area contributed by atoms with E-state index >= 15 is 0 Å². The molecule has 0 spiro atoms. The monoisotopic (exact) mass is 192 g/mol. The lowest BCUT2D eigenvalue weighted by atomic mass is 10.3. The van der Waals surface area contributed by atoms with Crippen LogP contribution in [0.25, 0.3) is 0 Å². The summed E-state index contributed by atoms with van der Waals surface area (Å²) in [6, 6.07) is -0.498. The molecule has 0 aliphatic heterocycles. The standard InChI is InChI=1S/C7H16N2O2S/c1-5(12(3)11)4-9-7(10)6(2)8/h5-6H,4,8H2,1-3H3,(H,9,10)/t5?,6-,12?/m0/s1. The van der Waals surface area contributed by atoms with Gasteiger partial charge in [0, 0.05) is 28.9 Å². The first-order valence-electron chi connectivity index (χ1n) is 3.80. The molecule has 0 aliphatic rings. The van der Waals surface area contributed by atoms with Crippen molar-refractivity contribution in [3.63, 3.8) is 0 Å². The number of carbonyl (C=O) groups is 1. The van der Waals surface area contributed by atoms with E-state index in [4.69, 9.17) is 5.73 Å². The number of hydrogen-bond donors (Lipinski definition) is 2. The van der Waals surface area contributed by atoms with Crippen molar-refractivity contribution in [2.24, 2.45) is 5.73 Å². The maximum absolute atomic E-state index is 10.9. The molecule has 0 aliphatic carbocycles. The molecule has 4 nitrogen and oxygen atoms in total. The third-order valence-corrected chi connectivity index (χ3v) is 2.84. The van der Waals surface area contributed by atoms with Gasteiger partial charge in [0.15, 0.2) is 0 Å². The van der Waals surface area contributed by atoms with Crippen LogP contribution >= 0.6 is 0 Å². The summed E-state index contributed by atoms with van der Waals surface area (Å²) < 4.78 is 10.9. The van der Waals surface area contributed by atoms with Crippen LogP contribution in [0.1, 0.15) is 13.8 Å². The predicted octanol–water partition coefficient (Wildman–Crippen LogP) is -0.783. The second-order valence-electron chi connectivity index (χ2n) is 2.84.